The predicted octanol–water partition coefficient (Wildman–Crippen LogP) is 5.47. The van der Waals surface area contributed by atoms with Crippen LogP contribution in [0, 0.1) is 20.8 Å². The Hall–Kier alpha value is -3.32. The molecular weight excluding hydrogens is 420 g/mol. The van der Waals surface area contributed by atoms with Crippen molar-refractivity contribution in [2.45, 2.75) is 39.0 Å². The Morgan fingerprint density at radius 2 is 1.97 bits per heavy atom. The Balaban J connectivity index is 1.53. The fraction of sp³-hybridized carbons (Fsp3) is 0.240. The maximum atomic E-state index is 13.1. The molecule has 0 N–H and O–H groups in total. The zero-order valence-corrected chi connectivity index (χ0v) is 19.4. The van der Waals surface area contributed by atoms with Crippen LogP contribution in [0.4, 0.5) is 0 Å². The first-order chi connectivity index (χ1) is 15.5. The van der Waals surface area contributed by atoms with Gasteiger partial charge < -0.3 is 8.98 Å². The summed E-state index contributed by atoms with van der Waals surface area (Å²) in [7, 11) is 0. The van der Waals surface area contributed by atoms with Crippen molar-refractivity contribution in [2.75, 3.05) is 5.75 Å². The van der Waals surface area contributed by atoms with Gasteiger partial charge in [-0.1, -0.05) is 41.6 Å². The van der Waals surface area contributed by atoms with Crippen LogP contribution in [0.2, 0.25) is 0 Å². The molecule has 0 aliphatic carbocycles. The third-order valence-corrected chi connectivity index (χ3v) is 6.37. The first-order valence-corrected chi connectivity index (χ1v) is 11.4. The molecule has 32 heavy (non-hydrogen) atoms. The number of furan rings is 1. The van der Waals surface area contributed by atoms with Gasteiger partial charge in [0.1, 0.15) is 5.76 Å². The van der Waals surface area contributed by atoms with Gasteiger partial charge in [-0.15, -0.1) is 16.8 Å². The van der Waals surface area contributed by atoms with Crippen LogP contribution in [0.25, 0.3) is 11.4 Å². The molecule has 0 radical (unpaired) electrons. The Morgan fingerprint density at radius 1 is 1.12 bits per heavy atom. The predicted molar refractivity (Wildman–Crippen MR) is 127 cm³/mol. The molecule has 0 saturated heterocycles. The molecule has 0 atom stereocenters. The van der Waals surface area contributed by atoms with Gasteiger partial charge in [-0.3, -0.25) is 9.36 Å². The van der Waals surface area contributed by atoms with Gasteiger partial charge in [0.2, 0.25) is 0 Å². The number of carbonyl (C=O) groups excluding carboxylic acids is 1. The van der Waals surface area contributed by atoms with Crippen molar-refractivity contribution < 1.29 is 9.21 Å². The Labute approximate surface area is 192 Å². The molecule has 0 spiro atoms. The van der Waals surface area contributed by atoms with E-state index < -0.39 is 0 Å². The quantitative estimate of drug-likeness (QED) is 0.194. The highest BCUT2D eigenvalue weighted by Crippen LogP contribution is 2.26. The van der Waals surface area contributed by atoms with Gasteiger partial charge in [0, 0.05) is 29.1 Å². The lowest BCUT2D eigenvalue weighted by molar-refractivity contribution is 0.102. The van der Waals surface area contributed by atoms with Crippen LogP contribution in [-0.4, -0.2) is 30.9 Å². The van der Waals surface area contributed by atoms with Gasteiger partial charge in [0.15, 0.2) is 16.8 Å². The van der Waals surface area contributed by atoms with Crippen molar-refractivity contribution in [2.24, 2.45) is 0 Å². The number of aromatic nitrogens is 4. The van der Waals surface area contributed by atoms with E-state index in [0.29, 0.717) is 18.2 Å². The summed E-state index contributed by atoms with van der Waals surface area (Å²) < 4.78 is 9.57. The average molecular weight is 447 g/mol. The zero-order chi connectivity index (χ0) is 22.7. The second-order valence-electron chi connectivity index (χ2n) is 7.74. The molecule has 0 aliphatic heterocycles. The number of hydrogen-bond acceptors (Lipinski definition) is 5. The van der Waals surface area contributed by atoms with Crippen LogP contribution in [0.5, 0.6) is 0 Å². The number of allylic oxidation sites excluding steroid dienone is 1. The Morgan fingerprint density at radius 3 is 2.69 bits per heavy atom. The summed E-state index contributed by atoms with van der Waals surface area (Å²) >= 11 is 1.40. The standard InChI is InChI=1S/C25H26N4O2S/c1-5-11-28-24(20-9-6-8-17(2)13-20)26-27-25(28)32-16-23(30)22-14-18(3)29(19(22)4)15-21-10-7-12-31-21/h5-10,12-14H,1,11,15-16H2,2-4H3. The topological polar surface area (TPSA) is 65.8 Å². The van der Waals surface area contributed by atoms with Gasteiger partial charge in [-0.25, -0.2) is 0 Å². The molecule has 1 aromatic carbocycles. The van der Waals surface area contributed by atoms with Crippen LogP contribution in [0.3, 0.4) is 0 Å². The summed E-state index contributed by atoms with van der Waals surface area (Å²) in [6, 6.07) is 13.9. The highest BCUT2D eigenvalue weighted by molar-refractivity contribution is 7.99. The molecule has 0 aliphatic rings. The summed E-state index contributed by atoms with van der Waals surface area (Å²) in [5.41, 5.74) is 4.86. The number of benzene rings is 1. The lowest BCUT2D eigenvalue weighted by Crippen LogP contribution is -2.08. The maximum Gasteiger partial charge on any atom is 0.192 e. The van der Waals surface area contributed by atoms with E-state index in [1.165, 1.54) is 11.8 Å². The molecular formula is C25H26N4O2S. The normalized spacial score (nSPS) is 11.1. The average Bonchev–Trinajstić information content (AvgIpc) is 3.49. The number of rotatable bonds is 9. The third kappa shape index (κ3) is 4.48. The second kappa shape index (κ2) is 9.44. The molecule has 7 heteroatoms. The summed E-state index contributed by atoms with van der Waals surface area (Å²) in [5, 5.41) is 9.46. The van der Waals surface area contributed by atoms with Crippen LogP contribution in [-0.2, 0) is 13.1 Å². The molecule has 4 aromatic rings. The molecule has 164 valence electrons. The number of ketones is 1. The van der Waals surface area contributed by atoms with Crippen LogP contribution >= 0.6 is 11.8 Å². The van der Waals surface area contributed by atoms with Crippen molar-refractivity contribution in [1.29, 1.82) is 0 Å². The van der Waals surface area contributed by atoms with Crippen molar-refractivity contribution in [3.63, 3.8) is 0 Å². The fourth-order valence-electron chi connectivity index (χ4n) is 3.78. The van der Waals surface area contributed by atoms with Crippen molar-refractivity contribution >= 4 is 17.5 Å². The maximum absolute atomic E-state index is 13.1. The number of thioether (sulfide) groups is 1. The Bertz CT molecular complexity index is 1250. The highest BCUT2D eigenvalue weighted by Gasteiger charge is 2.19. The molecule has 4 rings (SSSR count). The van der Waals surface area contributed by atoms with E-state index in [1.807, 2.05) is 67.8 Å². The van der Waals surface area contributed by atoms with Crippen LogP contribution < -0.4 is 0 Å². The number of hydrogen-bond donors (Lipinski definition) is 0. The summed E-state index contributed by atoms with van der Waals surface area (Å²) in [5.74, 6) is 1.99. The second-order valence-corrected chi connectivity index (χ2v) is 8.68. The van der Waals surface area contributed by atoms with Gasteiger partial charge in [-0.2, -0.15) is 0 Å². The minimum atomic E-state index is 0.0686. The van der Waals surface area contributed by atoms with E-state index in [0.717, 1.165) is 39.7 Å². The van der Waals surface area contributed by atoms with E-state index in [2.05, 4.69) is 27.4 Å². The number of nitrogens with zero attached hydrogens (tertiary/aromatic N) is 4. The molecule has 6 nitrogen and oxygen atoms in total. The number of carbonyl (C=O) groups is 1. The first-order valence-electron chi connectivity index (χ1n) is 10.4. The zero-order valence-electron chi connectivity index (χ0n) is 18.5. The van der Waals surface area contributed by atoms with Gasteiger partial charge in [0.05, 0.1) is 18.6 Å². The summed E-state index contributed by atoms with van der Waals surface area (Å²) in [6.45, 7) is 11.1. The van der Waals surface area contributed by atoms with Crippen molar-refractivity contribution in [3.8, 4) is 11.4 Å². The van der Waals surface area contributed by atoms with Crippen molar-refractivity contribution in [1.82, 2.24) is 19.3 Å². The van der Waals surface area contributed by atoms with Crippen LogP contribution in [0.1, 0.15) is 33.1 Å². The Kier molecular flexibility index (Phi) is 6.46. The molecule has 0 unspecified atom stereocenters. The monoisotopic (exact) mass is 446 g/mol. The lowest BCUT2D eigenvalue weighted by atomic mass is 10.1. The first kappa shape index (κ1) is 21.9. The van der Waals surface area contributed by atoms with Gasteiger partial charge in [-0.05, 0) is 45.0 Å². The molecule has 0 bridgehead atoms. The SMILES string of the molecule is C=CCn1c(SCC(=O)c2cc(C)n(Cc3ccco3)c2C)nnc1-c1cccc(C)c1. The summed E-state index contributed by atoms with van der Waals surface area (Å²) in [4.78, 5) is 13.1. The minimum absolute atomic E-state index is 0.0686. The largest absolute Gasteiger partial charge is 0.467 e. The van der Waals surface area contributed by atoms with E-state index >= 15 is 0 Å². The van der Waals surface area contributed by atoms with E-state index in [9.17, 15) is 4.79 Å². The highest BCUT2D eigenvalue weighted by atomic mass is 32.2. The van der Waals surface area contributed by atoms with E-state index in [4.69, 9.17) is 4.42 Å². The van der Waals surface area contributed by atoms with Gasteiger partial charge >= 0.3 is 0 Å². The summed E-state index contributed by atoms with van der Waals surface area (Å²) in [6.07, 6.45) is 3.48. The van der Waals surface area contributed by atoms with Gasteiger partial charge in [0.25, 0.3) is 0 Å². The third-order valence-electron chi connectivity index (χ3n) is 5.41. The molecule has 3 heterocycles. The number of aryl methyl sites for hydroxylation is 2. The smallest absolute Gasteiger partial charge is 0.192 e. The van der Waals surface area contributed by atoms with E-state index in [1.54, 1.807) is 6.26 Å². The van der Waals surface area contributed by atoms with Crippen LogP contribution in [0.15, 0.2) is 71.0 Å². The minimum Gasteiger partial charge on any atom is -0.467 e. The fourth-order valence-corrected chi connectivity index (χ4v) is 4.61. The lowest BCUT2D eigenvalue weighted by Gasteiger charge is -2.09. The molecule has 0 saturated carbocycles. The molecule has 0 amide bonds. The number of Topliss-reactive ketones (excluding diaryl/α,β-unsaturated/α-hetero) is 1. The molecule has 3 aromatic heterocycles. The van der Waals surface area contributed by atoms with Crippen molar-refractivity contribution in [3.05, 3.63) is 89.7 Å². The molecule has 0 fully saturated rings. The van der Waals surface area contributed by atoms with E-state index in [-0.39, 0.29) is 11.5 Å².